The van der Waals surface area contributed by atoms with Crippen molar-refractivity contribution in [1.29, 1.82) is 5.26 Å². The number of nitrogens with two attached hydrogens (primary N) is 1. The molecule has 23 heavy (non-hydrogen) atoms. The van der Waals surface area contributed by atoms with Gasteiger partial charge in [0.2, 0.25) is 10.0 Å². The maximum absolute atomic E-state index is 11.4. The number of hydrogen-bond acceptors (Lipinski definition) is 4. The summed E-state index contributed by atoms with van der Waals surface area (Å²) in [6, 6.07) is 12.1. The van der Waals surface area contributed by atoms with E-state index in [1.54, 1.807) is 6.07 Å². The summed E-state index contributed by atoms with van der Waals surface area (Å²) in [5.74, 6) is 0. The van der Waals surface area contributed by atoms with E-state index in [0.717, 1.165) is 18.4 Å². The SMILES string of the molecule is N#Cc1cc(S(N)(=O)=O)ccc1N[C@@H]1CCc2cc(Cl)ccc21. The van der Waals surface area contributed by atoms with Crippen LogP contribution >= 0.6 is 11.6 Å². The number of anilines is 1. The Labute approximate surface area is 139 Å². The van der Waals surface area contributed by atoms with Crippen molar-refractivity contribution in [1.82, 2.24) is 0 Å². The lowest BCUT2D eigenvalue weighted by atomic mass is 10.1. The lowest BCUT2D eigenvalue weighted by molar-refractivity contribution is 0.598. The molecule has 0 fully saturated rings. The first-order valence-electron chi connectivity index (χ1n) is 7.00. The standard InChI is InChI=1S/C16H14ClN3O2S/c17-12-2-4-14-10(7-12)1-5-16(14)20-15-6-3-13(23(19,21)22)8-11(15)9-18/h2-4,6-8,16,20H,1,5H2,(H2,19,21,22)/t16-/m1/s1. The normalized spacial score (nSPS) is 16.7. The predicted molar refractivity (Wildman–Crippen MR) is 88.7 cm³/mol. The average Bonchev–Trinajstić information content (AvgIpc) is 2.88. The minimum absolute atomic E-state index is 0.0645. The number of rotatable bonds is 3. The van der Waals surface area contributed by atoms with Crippen LogP contribution < -0.4 is 10.5 Å². The Morgan fingerprint density at radius 2 is 2.04 bits per heavy atom. The van der Waals surface area contributed by atoms with Gasteiger partial charge in [-0.1, -0.05) is 17.7 Å². The van der Waals surface area contributed by atoms with Gasteiger partial charge in [0, 0.05) is 5.02 Å². The number of nitrogens with one attached hydrogen (secondary N) is 1. The van der Waals surface area contributed by atoms with Crippen LogP contribution in [-0.4, -0.2) is 8.42 Å². The highest BCUT2D eigenvalue weighted by molar-refractivity contribution is 7.89. The molecule has 0 heterocycles. The number of primary sulfonamides is 1. The molecule has 0 bridgehead atoms. The smallest absolute Gasteiger partial charge is 0.238 e. The van der Waals surface area contributed by atoms with Crippen LogP contribution in [0.3, 0.4) is 0 Å². The van der Waals surface area contributed by atoms with Crippen molar-refractivity contribution in [2.45, 2.75) is 23.8 Å². The summed E-state index contributed by atoms with van der Waals surface area (Å²) in [6.45, 7) is 0. The van der Waals surface area contributed by atoms with Gasteiger partial charge in [0.1, 0.15) is 6.07 Å². The number of hydrogen-bond donors (Lipinski definition) is 2. The predicted octanol–water partition coefficient (Wildman–Crippen LogP) is 2.96. The maximum Gasteiger partial charge on any atom is 0.238 e. The summed E-state index contributed by atoms with van der Waals surface area (Å²) in [6.07, 6.45) is 1.79. The Hall–Kier alpha value is -2.07. The molecule has 3 rings (SSSR count). The van der Waals surface area contributed by atoms with E-state index in [9.17, 15) is 13.7 Å². The molecule has 2 aromatic carbocycles. The zero-order chi connectivity index (χ0) is 16.6. The second-order valence-electron chi connectivity index (χ2n) is 5.44. The van der Waals surface area contributed by atoms with Gasteiger partial charge in [-0.3, -0.25) is 0 Å². The van der Waals surface area contributed by atoms with Gasteiger partial charge in [0.25, 0.3) is 0 Å². The number of fused-ring (bicyclic) bond motifs is 1. The molecule has 118 valence electrons. The minimum atomic E-state index is -3.83. The van der Waals surface area contributed by atoms with Crippen LogP contribution in [0.5, 0.6) is 0 Å². The molecular formula is C16H14ClN3O2S. The van der Waals surface area contributed by atoms with Gasteiger partial charge in [-0.15, -0.1) is 0 Å². The molecule has 0 aliphatic heterocycles. The summed E-state index contributed by atoms with van der Waals surface area (Å²) >= 11 is 6.01. The van der Waals surface area contributed by atoms with E-state index in [4.69, 9.17) is 16.7 Å². The Balaban J connectivity index is 1.92. The monoisotopic (exact) mass is 347 g/mol. The third-order valence-corrected chi connectivity index (χ3v) is 5.10. The number of nitrogens with zero attached hydrogens (tertiary/aromatic N) is 1. The number of sulfonamides is 1. The summed E-state index contributed by atoms with van der Waals surface area (Å²) in [4.78, 5) is -0.0711. The maximum atomic E-state index is 11.4. The lowest BCUT2D eigenvalue weighted by Gasteiger charge is -2.17. The number of aryl methyl sites for hydroxylation is 1. The van der Waals surface area contributed by atoms with Crippen LogP contribution in [-0.2, 0) is 16.4 Å². The van der Waals surface area contributed by atoms with E-state index in [0.29, 0.717) is 10.7 Å². The average molecular weight is 348 g/mol. The number of halogens is 1. The highest BCUT2D eigenvalue weighted by Gasteiger charge is 2.23. The van der Waals surface area contributed by atoms with Crippen molar-refractivity contribution in [3.8, 4) is 6.07 Å². The van der Waals surface area contributed by atoms with Gasteiger partial charge in [-0.2, -0.15) is 5.26 Å². The Morgan fingerprint density at radius 1 is 1.26 bits per heavy atom. The third-order valence-electron chi connectivity index (χ3n) is 3.95. The highest BCUT2D eigenvalue weighted by Crippen LogP contribution is 2.36. The molecule has 0 unspecified atom stereocenters. The second-order valence-corrected chi connectivity index (χ2v) is 7.44. The Morgan fingerprint density at radius 3 is 2.74 bits per heavy atom. The van der Waals surface area contributed by atoms with Gasteiger partial charge >= 0.3 is 0 Å². The van der Waals surface area contributed by atoms with Crippen LogP contribution in [0.1, 0.15) is 29.2 Å². The van der Waals surface area contributed by atoms with Gasteiger partial charge in [0.15, 0.2) is 0 Å². The molecule has 1 aliphatic rings. The summed E-state index contributed by atoms with van der Waals surface area (Å²) in [5, 5.41) is 18.4. The van der Waals surface area contributed by atoms with Crippen molar-refractivity contribution >= 4 is 27.3 Å². The summed E-state index contributed by atoms with van der Waals surface area (Å²) < 4.78 is 22.8. The van der Waals surface area contributed by atoms with E-state index < -0.39 is 10.0 Å². The largest absolute Gasteiger partial charge is 0.377 e. The van der Waals surface area contributed by atoms with Crippen molar-refractivity contribution in [3.63, 3.8) is 0 Å². The molecule has 1 aliphatic carbocycles. The molecule has 1 atom stereocenters. The van der Waals surface area contributed by atoms with Crippen molar-refractivity contribution in [3.05, 3.63) is 58.1 Å². The molecular weight excluding hydrogens is 334 g/mol. The molecule has 0 saturated heterocycles. The van der Waals surface area contributed by atoms with Crippen molar-refractivity contribution in [2.75, 3.05) is 5.32 Å². The first-order chi connectivity index (χ1) is 10.9. The molecule has 2 aromatic rings. The molecule has 5 nitrogen and oxygen atoms in total. The summed E-state index contributed by atoms with van der Waals surface area (Å²) in [5.41, 5.74) is 3.18. The fourth-order valence-corrected chi connectivity index (χ4v) is 3.58. The van der Waals surface area contributed by atoms with E-state index in [-0.39, 0.29) is 16.5 Å². The van der Waals surface area contributed by atoms with E-state index in [2.05, 4.69) is 5.32 Å². The van der Waals surface area contributed by atoms with E-state index in [1.807, 2.05) is 24.3 Å². The quantitative estimate of drug-likeness (QED) is 0.892. The Bertz CT molecular complexity index is 919. The molecule has 0 spiro atoms. The minimum Gasteiger partial charge on any atom is -0.377 e. The number of nitriles is 1. The van der Waals surface area contributed by atoms with Crippen molar-refractivity contribution in [2.24, 2.45) is 5.14 Å². The fourth-order valence-electron chi connectivity index (χ4n) is 2.84. The highest BCUT2D eigenvalue weighted by atomic mass is 35.5. The molecule has 0 saturated carbocycles. The summed E-state index contributed by atoms with van der Waals surface area (Å²) in [7, 11) is -3.83. The zero-order valence-electron chi connectivity index (χ0n) is 12.1. The Kier molecular flexibility index (Phi) is 4.02. The molecule has 3 N–H and O–H groups in total. The van der Waals surface area contributed by atoms with Crippen LogP contribution in [0, 0.1) is 11.3 Å². The number of benzene rings is 2. The zero-order valence-corrected chi connectivity index (χ0v) is 13.7. The molecule has 0 radical (unpaired) electrons. The second kappa shape index (κ2) is 5.85. The molecule has 7 heteroatoms. The van der Waals surface area contributed by atoms with Gasteiger partial charge < -0.3 is 5.32 Å². The van der Waals surface area contributed by atoms with Gasteiger partial charge in [0.05, 0.1) is 22.2 Å². The van der Waals surface area contributed by atoms with E-state index >= 15 is 0 Å². The third kappa shape index (κ3) is 3.17. The van der Waals surface area contributed by atoms with Crippen LogP contribution in [0.2, 0.25) is 5.02 Å². The van der Waals surface area contributed by atoms with Gasteiger partial charge in [-0.05, 0) is 54.3 Å². The fraction of sp³-hybridized carbons (Fsp3) is 0.188. The first-order valence-corrected chi connectivity index (χ1v) is 8.93. The topological polar surface area (TPSA) is 96.0 Å². The lowest BCUT2D eigenvalue weighted by Crippen LogP contribution is -2.13. The van der Waals surface area contributed by atoms with Crippen LogP contribution in [0.4, 0.5) is 5.69 Å². The molecule has 0 amide bonds. The molecule has 0 aromatic heterocycles. The van der Waals surface area contributed by atoms with Gasteiger partial charge in [-0.25, -0.2) is 13.6 Å². The first kappa shape index (κ1) is 15.8. The van der Waals surface area contributed by atoms with Crippen LogP contribution in [0.15, 0.2) is 41.3 Å². The van der Waals surface area contributed by atoms with Crippen LogP contribution in [0.25, 0.3) is 0 Å². The van der Waals surface area contributed by atoms with E-state index in [1.165, 1.54) is 17.7 Å². The van der Waals surface area contributed by atoms with Crippen molar-refractivity contribution < 1.29 is 8.42 Å².